The van der Waals surface area contributed by atoms with Crippen LogP contribution >= 0.6 is 0 Å². The number of benzene rings is 1. The first-order chi connectivity index (χ1) is 11.9. The van der Waals surface area contributed by atoms with Gasteiger partial charge in [0.1, 0.15) is 0 Å². The van der Waals surface area contributed by atoms with E-state index in [0.717, 1.165) is 12.1 Å². The van der Waals surface area contributed by atoms with Gasteiger partial charge in [-0.05, 0) is 37.2 Å². The molecule has 0 radical (unpaired) electrons. The molecule has 2 atom stereocenters. The lowest BCUT2D eigenvalue weighted by atomic mass is 9.72. The van der Waals surface area contributed by atoms with Crippen LogP contribution in [0.25, 0.3) is 0 Å². The van der Waals surface area contributed by atoms with Crippen LogP contribution in [0.2, 0.25) is 0 Å². The minimum Gasteiger partial charge on any atom is -0.481 e. The van der Waals surface area contributed by atoms with Gasteiger partial charge in [-0.2, -0.15) is 0 Å². The molecular formula is C20H28N2O3. The van der Waals surface area contributed by atoms with Crippen molar-refractivity contribution in [2.45, 2.75) is 58.0 Å². The van der Waals surface area contributed by atoms with Crippen molar-refractivity contribution in [1.29, 1.82) is 0 Å². The summed E-state index contributed by atoms with van der Waals surface area (Å²) >= 11 is 0. The van der Waals surface area contributed by atoms with E-state index in [1.807, 2.05) is 35.2 Å². The van der Waals surface area contributed by atoms with E-state index in [1.165, 1.54) is 12.8 Å². The van der Waals surface area contributed by atoms with Crippen molar-refractivity contribution < 1.29 is 14.7 Å². The molecule has 1 aliphatic heterocycles. The summed E-state index contributed by atoms with van der Waals surface area (Å²) < 4.78 is 0. The number of hydrogen-bond acceptors (Lipinski definition) is 2. The molecule has 2 fully saturated rings. The molecule has 2 unspecified atom stereocenters. The second-order valence-electron chi connectivity index (χ2n) is 8.17. The zero-order chi connectivity index (χ0) is 18.0. The van der Waals surface area contributed by atoms with Crippen LogP contribution in [0, 0.1) is 11.3 Å². The number of nitrogens with zero attached hydrogens (tertiary/aromatic N) is 1. The molecule has 1 aromatic carbocycles. The molecule has 25 heavy (non-hydrogen) atoms. The maximum Gasteiger partial charge on any atom is 0.317 e. The van der Waals surface area contributed by atoms with Crippen LogP contribution in [0.15, 0.2) is 30.3 Å². The number of urea groups is 1. The smallest absolute Gasteiger partial charge is 0.317 e. The molecule has 1 aromatic rings. The zero-order valence-corrected chi connectivity index (χ0v) is 15.1. The minimum absolute atomic E-state index is 0.0393. The molecule has 0 spiro atoms. The maximum absolute atomic E-state index is 12.8. The molecule has 1 aliphatic carbocycles. The summed E-state index contributed by atoms with van der Waals surface area (Å²) in [5.41, 5.74) is 1.30. The first-order valence-electron chi connectivity index (χ1n) is 9.19. The molecule has 136 valence electrons. The van der Waals surface area contributed by atoms with Crippen molar-refractivity contribution in [3.63, 3.8) is 0 Å². The Balaban J connectivity index is 1.62. The molecule has 5 heteroatoms. The fourth-order valence-corrected chi connectivity index (χ4v) is 4.12. The highest BCUT2D eigenvalue weighted by Crippen LogP contribution is 2.50. The lowest BCUT2D eigenvalue weighted by molar-refractivity contribution is -0.137. The monoisotopic (exact) mass is 344 g/mol. The van der Waals surface area contributed by atoms with Crippen molar-refractivity contribution >= 4 is 12.0 Å². The van der Waals surface area contributed by atoms with Gasteiger partial charge in [0.05, 0.1) is 0 Å². The molecule has 1 saturated carbocycles. The summed E-state index contributed by atoms with van der Waals surface area (Å²) in [4.78, 5) is 25.7. The number of likely N-dealkylation sites (tertiary alicyclic amines) is 1. The summed E-state index contributed by atoms with van der Waals surface area (Å²) in [6.07, 6.45) is 3.59. The predicted molar refractivity (Wildman–Crippen MR) is 96.3 cm³/mol. The molecule has 5 nitrogen and oxygen atoms in total. The van der Waals surface area contributed by atoms with E-state index in [0.29, 0.717) is 24.8 Å². The molecule has 0 bridgehead atoms. The van der Waals surface area contributed by atoms with Crippen molar-refractivity contribution in [3.8, 4) is 0 Å². The summed E-state index contributed by atoms with van der Waals surface area (Å²) in [6, 6.07) is 10.0. The Kier molecular flexibility index (Phi) is 5.02. The number of carbonyl (C=O) groups is 2. The number of hydrogen-bond donors (Lipinski definition) is 2. The number of carboxylic acids is 1. The highest BCUT2D eigenvalue weighted by atomic mass is 16.4. The highest BCUT2D eigenvalue weighted by Gasteiger charge is 2.54. The van der Waals surface area contributed by atoms with E-state index in [-0.39, 0.29) is 23.9 Å². The van der Waals surface area contributed by atoms with Crippen molar-refractivity contribution in [2.75, 3.05) is 6.54 Å². The van der Waals surface area contributed by atoms with Gasteiger partial charge in [0.25, 0.3) is 0 Å². The molecule has 1 saturated heterocycles. The summed E-state index contributed by atoms with van der Waals surface area (Å²) in [5, 5.41) is 12.1. The molecule has 1 heterocycles. The van der Waals surface area contributed by atoms with Crippen LogP contribution in [-0.2, 0) is 11.2 Å². The van der Waals surface area contributed by atoms with E-state index in [9.17, 15) is 9.59 Å². The van der Waals surface area contributed by atoms with Crippen molar-refractivity contribution in [3.05, 3.63) is 35.9 Å². The third-order valence-electron chi connectivity index (χ3n) is 5.40. The van der Waals surface area contributed by atoms with Gasteiger partial charge in [0, 0.05) is 30.5 Å². The van der Waals surface area contributed by atoms with Gasteiger partial charge in [0.2, 0.25) is 0 Å². The lowest BCUT2D eigenvalue weighted by Gasteiger charge is -2.55. The Hall–Kier alpha value is -2.04. The fourth-order valence-electron chi connectivity index (χ4n) is 4.12. The van der Waals surface area contributed by atoms with E-state index >= 15 is 0 Å². The molecule has 2 N–H and O–H groups in total. The van der Waals surface area contributed by atoms with Gasteiger partial charge >= 0.3 is 12.0 Å². The topological polar surface area (TPSA) is 69.6 Å². The van der Waals surface area contributed by atoms with Crippen LogP contribution in [0.4, 0.5) is 4.79 Å². The Labute approximate surface area is 149 Å². The van der Waals surface area contributed by atoms with Crippen molar-refractivity contribution in [2.24, 2.45) is 11.3 Å². The maximum atomic E-state index is 12.8. The third-order valence-corrected chi connectivity index (χ3v) is 5.40. The lowest BCUT2D eigenvalue weighted by Crippen LogP contribution is -2.67. The number of carboxylic acid groups (broad SMARTS) is 1. The van der Waals surface area contributed by atoms with E-state index in [2.05, 4.69) is 19.2 Å². The average molecular weight is 344 g/mol. The number of carbonyl (C=O) groups excluding carboxylic acids is 1. The minimum atomic E-state index is -0.826. The summed E-state index contributed by atoms with van der Waals surface area (Å²) in [5.74, 6) is -0.186. The number of rotatable bonds is 7. The first kappa shape index (κ1) is 17.8. The van der Waals surface area contributed by atoms with Crippen LogP contribution in [0.3, 0.4) is 0 Å². The number of amides is 2. The molecule has 0 aromatic heterocycles. The predicted octanol–water partition coefficient (Wildman–Crippen LogP) is 3.29. The Morgan fingerprint density at radius 1 is 1.28 bits per heavy atom. The average Bonchev–Trinajstić information content (AvgIpc) is 3.35. The van der Waals surface area contributed by atoms with Crippen LogP contribution in [-0.4, -0.2) is 40.6 Å². The Morgan fingerprint density at radius 3 is 2.52 bits per heavy atom. The first-order valence-corrected chi connectivity index (χ1v) is 9.19. The van der Waals surface area contributed by atoms with Gasteiger partial charge in [-0.3, -0.25) is 4.79 Å². The molecular weight excluding hydrogens is 316 g/mol. The zero-order valence-electron chi connectivity index (χ0n) is 15.1. The fraction of sp³-hybridized carbons (Fsp3) is 0.600. The molecule has 2 amide bonds. The number of nitrogens with one attached hydrogen (secondary N) is 1. The molecule has 3 rings (SSSR count). The second-order valence-corrected chi connectivity index (χ2v) is 8.17. The van der Waals surface area contributed by atoms with E-state index in [1.54, 1.807) is 0 Å². The summed E-state index contributed by atoms with van der Waals surface area (Å²) in [6.45, 7) is 5.23. The quantitative estimate of drug-likeness (QED) is 0.797. The van der Waals surface area contributed by atoms with Gasteiger partial charge in [-0.15, -0.1) is 0 Å². The van der Waals surface area contributed by atoms with Gasteiger partial charge in [0.15, 0.2) is 0 Å². The standard InChI is InChI=1S/C20H28N2O3/c1-20(2)13-22(18(20)15-8-9-15)19(25)21-16(10-11-17(23)24)12-14-6-4-3-5-7-14/h3-7,15-16,18H,8-13H2,1-2H3,(H,21,25)(H,23,24). The highest BCUT2D eigenvalue weighted by molar-refractivity contribution is 5.76. The second kappa shape index (κ2) is 7.06. The van der Waals surface area contributed by atoms with E-state index in [4.69, 9.17) is 5.11 Å². The van der Waals surface area contributed by atoms with Gasteiger partial charge in [-0.25, -0.2) is 4.79 Å². The van der Waals surface area contributed by atoms with Crippen LogP contribution < -0.4 is 5.32 Å². The Bertz CT molecular complexity index is 625. The Morgan fingerprint density at radius 2 is 1.96 bits per heavy atom. The van der Waals surface area contributed by atoms with Crippen LogP contribution in [0.1, 0.15) is 45.1 Å². The van der Waals surface area contributed by atoms with Gasteiger partial charge < -0.3 is 15.3 Å². The van der Waals surface area contributed by atoms with E-state index < -0.39 is 5.97 Å². The van der Waals surface area contributed by atoms with Crippen molar-refractivity contribution in [1.82, 2.24) is 10.2 Å². The van der Waals surface area contributed by atoms with Crippen LogP contribution in [0.5, 0.6) is 0 Å². The largest absolute Gasteiger partial charge is 0.481 e. The normalized spacial score (nSPS) is 22.8. The van der Waals surface area contributed by atoms with Gasteiger partial charge in [-0.1, -0.05) is 44.2 Å². The SMILES string of the molecule is CC1(C)CN(C(=O)NC(CCC(=O)O)Cc2ccccc2)C1C1CC1. The molecule has 2 aliphatic rings. The third kappa shape index (κ3) is 4.33. The number of aliphatic carboxylic acids is 1. The summed E-state index contributed by atoms with van der Waals surface area (Å²) in [7, 11) is 0.